The van der Waals surface area contributed by atoms with Gasteiger partial charge in [-0.25, -0.2) is 0 Å². The van der Waals surface area contributed by atoms with Gasteiger partial charge in [0.1, 0.15) is 5.75 Å². The predicted molar refractivity (Wildman–Crippen MR) is 65.1 cm³/mol. The molecule has 0 aliphatic carbocycles. The summed E-state index contributed by atoms with van der Waals surface area (Å²) in [6.45, 7) is 1.77. The predicted octanol–water partition coefficient (Wildman–Crippen LogP) is 2.68. The summed E-state index contributed by atoms with van der Waals surface area (Å²) in [5.41, 5.74) is 1.16. The van der Waals surface area contributed by atoms with Crippen LogP contribution in [0, 0.1) is 0 Å². The smallest absolute Gasteiger partial charge is 0.119 e. The molecule has 2 rings (SSSR count). The van der Waals surface area contributed by atoms with Crippen molar-refractivity contribution in [1.29, 1.82) is 0 Å². The van der Waals surface area contributed by atoms with E-state index in [0.717, 1.165) is 37.5 Å². The Morgan fingerprint density at radius 2 is 2.00 bits per heavy atom. The maximum Gasteiger partial charge on any atom is 0.119 e. The molecule has 0 radical (unpaired) electrons. The van der Waals surface area contributed by atoms with Crippen molar-refractivity contribution in [3.8, 4) is 5.75 Å². The van der Waals surface area contributed by atoms with Gasteiger partial charge in [0.25, 0.3) is 0 Å². The third-order valence-electron chi connectivity index (χ3n) is 2.91. The van der Waals surface area contributed by atoms with Gasteiger partial charge < -0.3 is 14.8 Å². The number of nitrogens with one attached hydrogen (secondary N) is 1. The normalized spacial score (nSPS) is 21.2. The molecule has 1 aliphatic heterocycles. The molecule has 1 aromatic rings. The van der Waals surface area contributed by atoms with Crippen LogP contribution in [0.3, 0.4) is 0 Å². The molecule has 0 saturated carbocycles. The molecule has 3 nitrogen and oxygen atoms in total. The molecule has 88 valence electrons. The van der Waals surface area contributed by atoms with Crippen LogP contribution in [0.1, 0.15) is 19.3 Å². The first-order valence-electron chi connectivity index (χ1n) is 5.87. The average Bonchev–Trinajstić information content (AvgIpc) is 2.59. The van der Waals surface area contributed by atoms with Crippen LogP contribution in [-0.2, 0) is 4.74 Å². The number of benzene rings is 1. The molecule has 3 heteroatoms. The summed E-state index contributed by atoms with van der Waals surface area (Å²) in [5.74, 6) is 0.898. The van der Waals surface area contributed by atoms with Crippen molar-refractivity contribution >= 4 is 5.69 Å². The van der Waals surface area contributed by atoms with Crippen molar-refractivity contribution < 1.29 is 9.47 Å². The van der Waals surface area contributed by atoms with E-state index < -0.39 is 0 Å². The van der Waals surface area contributed by atoms with Crippen LogP contribution in [0.15, 0.2) is 24.3 Å². The van der Waals surface area contributed by atoms with Crippen LogP contribution >= 0.6 is 0 Å². The van der Waals surface area contributed by atoms with Crippen molar-refractivity contribution in [2.45, 2.75) is 25.3 Å². The van der Waals surface area contributed by atoms with Crippen molar-refractivity contribution in [1.82, 2.24) is 0 Å². The minimum atomic E-state index is 0.538. The molecule has 0 aromatic heterocycles. The molecular weight excluding hydrogens is 202 g/mol. The fourth-order valence-electron chi connectivity index (χ4n) is 1.97. The van der Waals surface area contributed by atoms with Crippen LogP contribution in [0.25, 0.3) is 0 Å². The van der Waals surface area contributed by atoms with E-state index in [1.165, 1.54) is 6.42 Å². The Labute approximate surface area is 96.8 Å². The van der Waals surface area contributed by atoms with Gasteiger partial charge in [0.05, 0.1) is 7.11 Å². The fourth-order valence-corrected chi connectivity index (χ4v) is 1.97. The van der Waals surface area contributed by atoms with Crippen molar-refractivity contribution in [2.24, 2.45) is 0 Å². The molecule has 0 spiro atoms. The van der Waals surface area contributed by atoms with E-state index in [1.54, 1.807) is 7.11 Å². The maximum absolute atomic E-state index is 5.44. The number of hydrogen-bond donors (Lipinski definition) is 1. The fraction of sp³-hybridized carbons (Fsp3) is 0.538. The van der Waals surface area contributed by atoms with E-state index in [-0.39, 0.29) is 0 Å². The summed E-state index contributed by atoms with van der Waals surface area (Å²) in [6.07, 6.45) is 3.42. The Morgan fingerprint density at radius 3 is 2.75 bits per heavy atom. The second-order valence-corrected chi connectivity index (χ2v) is 4.11. The van der Waals surface area contributed by atoms with Gasteiger partial charge in [0.15, 0.2) is 0 Å². The highest BCUT2D eigenvalue weighted by Crippen LogP contribution is 2.18. The first-order chi connectivity index (χ1) is 7.88. The molecule has 1 N–H and O–H groups in total. The number of hydrogen-bond acceptors (Lipinski definition) is 3. The Bertz CT molecular complexity index is 302. The molecule has 1 atom stereocenters. The lowest BCUT2D eigenvalue weighted by Crippen LogP contribution is -2.19. The lowest BCUT2D eigenvalue weighted by Gasteiger charge is -2.17. The Balaban J connectivity index is 1.91. The molecular formula is C13H19NO2. The quantitative estimate of drug-likeness (QED) is 0.851. The van der Waals surface area contributed by atoms with Crippen LogP contribution in [0.4, 0.5) is 5.69 Å². The molecule has 1 aromatic carbocycles. The van der Waals surface area contributed by atoms with Gasteiger partial charge in [-0.1, -0.05) is 0 Å². The standard InChI is InChI=1S/C13H19NO2/c1-15-13-6-4-12(5-7-13)14-11-3-2-9-16-10-8-11/h4-7,11,14H,2-3,8-10H2,1H3. The van der Waals surface area contributed by atoms with Crippen LogP contribution in [-0.4, -0.2) is 26.4 Å². The van der Waals surface area contributed by atoms with Gasteiger partial charge in [-0.2, -0.15) is 0 Å². The highest BCUT2D eigenvalue weighted by molar-refractivity contribution is 5.47. The van der Waals surface area contributed by atoms with Gasteiger partial charge in [-0.3, -0.25) is 0 Å². The van der Waals surface area contributed by atoms with Crippen molar-refractivity contribution in [3.63, 3.8) is 0 Å². The van der Waals surface area contributed by atoms with Crippen LogP contribution in [0.2, 0.25) is 0 Å². The second-order valence-electron chi connectivity index (χ2n) is 4.11. The topological polar surface area (TPSA) is 30.5 Å². The molecule has 0 amide bonds. The highest BCUT2D eigenvalue weighted by atomic mass is 16.5. The molecule has 16 heavy (non-hydrogen) atoms. The molecule has 1 unspecified atom stereocenters. The lowest BCUT2D eigenvalue weighted by molar-refractivity contribution is 0.144. The highest BCUT2D eigenvalue weighted by Gasteiger charge is 2.11. The third kappa shape index (κ3) is 3.14. The summed E-state index contributed by atoms with van der Waals surface area (Å²) in [7, 11) is 1.69. The monoisotopic (exact) mass is 221 g/mol. The summed E-state index contributed by atoms with van der Waals surface area (Å²) in [5, 5.41) is 3.54. The Kier molecular flexibility index (Phi) is 4.05. The van der Waals surface area contributed by atoms with Gasteiger partial charge in [-0.15, -0.1) is 0 Å². The second kappa shape index (κ2) is 5.75. The minimum Gasteiger partial charge on any atom is -0.497 e. The van der Waals surface area contributed by atoms with Gasteiger partial charge in [0.2, 0.25) is 0 Å². The lowest BCUT2D eigenvalue weighted by atomic mass is 10.1. The molecule has 1 saturated heterocycles. The molecule has 1 heterocycles. The third-order valence-corrected chi connectivity index (χ3v) is 2.91. The molecule has 0 bridgehead atoms. The average molecular weight is 221 g/mol. The van der Waals surface area contributed by atoms with E-state index in [1.807, 2.05) is 12.1 Å². The number of methoxy groups -OCH3 is 1. The van der Waals surface area contributed by atoms with Crippen molar-refractivity contribution in [3.05, 3.63) is 24.3 Å². The summed E-state index contributed by atoms with van der Waals surface area (Å²) >= 11 is 0. The minimum absolute atomic E-state index is 0.538. The van der Waals surface area contributed by atoms with Crippen LogP contribution in [0.5, 0.6) is 5.75 Å². The Morgan fingerprint density at radius 1 is 1.19 bits per heavy atom. The first-order valence-corrected chi connectivity index (χ1v) is 5.87. The van der Waals surface area contributed by atoms with Gasteiger partial charge in [0, 0.05) is 24.9 Å². The summed E-state index contributed by atoms with van der Waals surface area (Å²) < 4.78 is 10.6. The van der Waals surface area contributed by atoms with Crippen molar-refractivity contribution in [2.75, 3.05) is 25.6 Å². The molecule has 1 fully saturated rings. The van der Waals surface area contributed by atoms with Crippen LogP contribution < -0.4 is 10.1 Å². The van der Waals surface area contributed by atoms with E-state index in [0.29, 0.717) is 6.04 Å². The number of ether oxygens (including phenoxy) is 2. The summed E-state index contributed by atoms with van der Waals surface area (Å²) in [4.78, 5) is 0. The van der Waals surface area contributed by atoms with Gasteiger partial charge >= 0.3 is 0 Å². The van der Waals surface area contributed by atoms with Gasteiger partial charge in [-0.05, 0) is 43.5 Å². The SMILES string of the molecule is COc1ccc(NC2CCCOCC2)cc1. The summed E-state index contributed by atoms with van der Waals surface area (Å²) in [6, 6.07) is 8.62. The number of rotatable bonds is 3. The van der Waals surface area contributed by atoms with E-state index in [9.17, 15) is 0 Å². The first kappa shape index (κ1) is 11.3. The number of anilines is 1. The zero-order valence-electron chi connectivity index (χ0n) is 9.74. The van der Waals surface area contributed by atoms with E-state index in [4.69, 9.17) is 9.47 Å². The van der Waals surface area contributed by atoms with E-state index in [2.05, 4.69) is 17.4 Å². The van der Waals surface area contributed by atoms with E-state index >= 15 is 0 Å². The zero-order chi connectivity index (χ0) is 11.2. The molecule has 1 aliphatic rings. The largest absolute Gasteiger partial charge is 0.497 e. The Hall–Kier alpha value is -1.22. The maximum atomic E-state index is 5.44. The zero-order valence-corrected chi connectivity index (χ0v) is 9.74.